The summed E-state index contributed by atoms with van der Waals surface area (Å²) in [5.74, 6) is 0.131. The average Bonchev–Trinajstić information content (AvgIpc) is 2.95. The number of benzene rings is 1. The number of carbonyl (C=O) groups excluding carboxylic acids is 2. The van der Waals surface area contributed by atoms with Crippen molar-refractivity contribution in [2.24, 2.45) is 11.8 Å². The molecular weight excluding hydrogens is 278 g/mol. The molecule has 1 saturated heterocycles. The third-order valence-corrected chi connectivity index (χ3v) is 3.88. The molecule has 1 heterocycles. The van der Waals surface area contributed by atoms with E-state index in [2.05, 4.69) is 11.5 Å². The van der Waals surface area contributed by atoms with Crippen molar-refractivity contribution in [2.45, 2.75) is 26.7 Å². The number of carbonyl (C=O) groups is 2. The van der Waals surface area contributed by atoms with Crippen LogP contribution >= 0.6 is 0 Å². The van der Waals surface area contributed by atoms with Gasteiger partial charge in [0, 0.05) is 36.7 Å². The second-order valence-corrected chi connectivity index (χ2v) is 6.05. The Bertz CT molecular complexity index is 604. The van der Waals surface area contributed by atoms with Crippen LogP contribution in [0.2, 0.25) is 0 Å². The lowest BCUT2D eigenvalue weighted by Crippen LogP contribution is -2.18. The standard InChI is InChI=1S/C17H21N3O2/c1-12(2)17(22)19-15-5-3-4-14(9-15)16(21)8-13-6-7-20(10-13)11-18/h3-5,9,12-13H,6-8,10H2,1-2H3,(H,19,22)/t13-/m0/s1. The second-order valence-electron chi connectivity index (χ2n) is 6.05. The van der Waals surface area contributed by atoms with Crippen LogP contribution in [0.1, 0.15) is 37.0 Å². The molecule has 0 aliphatic carbocycles. The number of rotatable bonds is 5. The first-order valence-corrected chi connectivity index (χ1v) is 7.58. The maximum atomic E-state index is 12.4. The lowest BCUT2D eigenvalue weighted by Gasteiger charge is -2.11. The highest BCUT2D eigenvalue weighted by atomic mass is 16.1. The Hall–Kier alpha value is -2.35. The van der Waals surface area contributed by atoms with Crippen molar-refractivity contribution in [2.75, 3.05) is 18.4 Å². The highest BCUT2D eigenvalue weighted by molar-refractivity contribution is 5.98. The summed E-state index contributed by atoms with van der Waals surface area (Å²) >= 11 is 0. The van der Waals surface area contributed by atoms with Gasteiger partial charge in [0.25, 0.3) is 0 Å². The molecule has 0 spiro atoms. The van der Waals surface area contributed by atoms with Gasteiger partial charge in [-0.3, -0.25) is 9.59 Å². The number of nitrogens with zero attached hydrogens (tertiary/aromatic N) is 2. The van der Waals surface area contributed by atoms with Crippen LogP contribution in [0, 0.1) is 23.3 Å². The number of hydrogen-bond acceptors (Lipinski definition) is 4. The van der Waals surface area contributed by atoms with E-state index in [9.17, 15) is 9.59 Å². The Morgan fingerprint density at radius 1 is 1.45 bits per heavy atom. The van der Waals surface area contributed by atoms with Gasteiger partial charge in [0.15, 0.2) is 12.0 Å². The predicted molar refractivity (Wildman–Crippen MR) is 84.2 cm³/mol. The zero-order chi connectivity index (χ0) is 16.1. The summed E-state index contributed by atoms with van der Waals surface area (Å²) in [6, 6.07) is 7.05. The Balaban J connectivity index is 1.99. The molecule has 2 rings (SSSR count). The zero-order valence-electron chi connectivity index (χ0n) is 13.0. The van der Waals surface area contributed by atoms with Gasteiger partial charge in [0.1, 0.15) is 0 Å². The zero-order valence-corrected chi connectivity index (χ0v) is 13.0. The molecule has 0 unspecified atom stereocenters. The summed E-state index contributed by atoms with van der Waals surface area (Å²) in [6.07, 6.45) is 3.44. The fraction of sp³-hybridized carbons (Fsp3) is 0.471. The summed E-state index contributed by atoms with van der Waals surface area (Å²) in [6.45, 7) is 5.04. The largest absolute Gasteiger partial charge is 0.326 e. The van der Waals surface area contributed by atoms with E-state index in [0.29, 0.717) is 24.2 Å². The van der Waals surface area contributed by atoms with Crippen LogP contribution in [0.3, 0.4) is 0 Å². The van der Waals surface area contributed by atoms with Crippen molar-refractivity contribution in [3.8, 4) is 6.19 Å². The number of Topliss-reactive ketones (excluding diaryl/α,β-unsaturated/α-hetero) is 1. The number of likely N-dealkylation sites (tertiary alicyclic amines) is 1. The molecule has 5 heteroatoms. The fourth-order valence-corrected chi connectivity index (χ4v) is 2.53. The summed E-state index contributed by atoms with van der Waals surface area (Å²) in [5.41, 5.74) is 1.26. The number of hydrogen-bond donors (Lipinski definition) is 1. The first-order chi connectivity index (χ1) is 10.5. The molecule has 1 aliphatic rings. The van der Waals surface area contributed by atoms with Gasteiger partial charge in [-0.15, -0.1) is 0 Å². The first-order valence-electron chi connectivity index (χ1n) is 7.58. The molecule has 1 atom stereocenters. The van der Waals surface area contributed by atoms with Crippen molar-refractivity contribution in [3.63, 3.8) is 0 Å². The molecule has 0 saturated carbocycles. The normalized spacial score (nSPS) is 17.4. The van der Waals surface area contributed by atoms with Crippen LogP contribution in [-0.2, 0) is 4.79 Å². The van der Waals surface area contributed by atoms with Crippen LogP contribution in [0.15, 0.2) is 24.3 Å². The summed E-state index contributed by atoms with van der Waals surface area (Å²) in [4.78, 5) is 25.8. The van der Waals surface area contributed by atoms with Crippen LogP contribution in [0.25, 0.3) is 0 Å². The van der Waals surface area contributed by atoms with Crippen LogP contribution in [0.5, 0.6) is 0 Å². The summed E-state index contributed by atoms with van der Waals surface area (Å²) in [5, 5.41) is 11.7. The third kappa shape index (κ3) is 4.08. The average molecular weight is 299 g/mol. The van der Waals surface area contributed by atoms with Gasteiger partial charge < -0.3 is 10.2 Å². The van der Waals surface area contributed by atoms with Gasteiger partial charge in [-0.1, -0.05) is 26.0 Å². The van der Waals surface area contributed by atoms with Gasteiger partial charge in [-0.05, 0) is 24.5 Å². The Kier molecular flexibility index (Phi) is 5.16. The van der Waals surface area contributed by atoms with Gasteiger partial charge >= 0.3 is 0 Å². The van der Waals surface area contributed by atoms with E-state index < -0.39 is 0 Å². The molecular formula is C17H21N3O2. The van der Waals surface area contributed by atoms with Gasteiger partial charge in [0.05, 0.1) is 0 Å². The highest BCUT2D eigenvalue weighted by Crippen LogP contribution is 2.22. The van der Waals surface area contributed by atoms with E-state index in [1.54, 1.807) is 29.2 Å². The minimum atomic E-state index is -0.102. The van der Waals surface area contributed by atoms with Gasteiger partial charge in [-0.25, -0.2) is 0 Å². The highest BCUT2D eigenvalue weighted by Gasteiger charge is 2.24. The molecule has 1 amide bonds. The molecule has 0 bridgehead atoms. The van der Waals surface area contributed by atoms with E-state index in [4.69, 9.17) is 5.26 Å². The van der Waals surface area contributed by atoms with Crippen LogP contribution < -0.4 is 5.32 Å². The summed E-state index contributed by atoms with van der Waals surface area (Å²) < 4.78 is 0. The maximum Gasteiger partial charge on any atom is 0.226 e. The van der Waals surface area contributed by atoms with E-state index in [-0.39, 0.29) is 23.5 Å². The lowest BCUT2D eigenvalue weighted by molar-refractivity contribution is -0.118. The Morgan fingerprint density at radius 3 is 2.86 bits per heavy atom. The van der Waals surface area contributed by atoms with Crippen LogP contribution in [0.4, 0.5) is 5.69 Å². The first kappa shape index (κ1) is 16.0. The molecule has 116 valence electrons. The Morgan fingerprint density at radius 2 is 2.23 bits per heavy atom. The molecule has 0 aromatic heterocycles. The number of anilines is 1. The number of ketones is 1. The molecule has 1 fully saturated rings. The maximum absolute atomic E-state index is 12.4. The molecule has 1 aliphatic heterocycles. The van der Waals surface area contributed by atoms with Crippen molar-refractivity contribution < 1.29 is 9.59 Å². The molecule has 5 nitrogen and oxygen atoms in total. The van der Waals surface area contributed by atoms with E-state index in [1.807, 2.05) is 13.8 Å². The molecule has 1 aromatic rings. The van der Waals surface area contributed by atoms with Crippen LogP contribution in [-0.4, -0.2) is 29.7 Å². The van der Waals surface area contributed by atoms with Gasteiger partial charge in [0.2, 0.25) is 5.91 Å². The van der Waals surface area contributed by atoms with E-state index in [1.165, 1.54) is 0 Å². The lowest BCUT2D eigenvalue weighted by atomic mass is 9.97. The topological polar surface area (TPSA) is 73.2 Å². The molecule has 22 heavy (non-hydrogen) atoms. The Labute approximate surface area is 130 Å². The third-order valence-electron chi connectivity index (χ3n) is 3.88. The fourth-order valence-electron chi connectivity index (χ4n) is 2.53. The minimum absolute atomic E-state index is 0.0606. The van der Waals surface area contributed by atoms with E-state index >= 15 is 0 Å². The van der Waals surface area contributed by atoms with Crippen molar-refractivity contribution >= 4 is 17.4 Å². The molecule has 1 N–H and O–H groups in total. The van der Waals surface area contributed by atoms with Crippen molar-refractivity contribution in [1.82, 2.24) is 4.90 Å². The number of nitriles is 1. The smallest absolute Gasteiger partial charge is 0.226 e. The second kappa shape index (κ2) is 7.08. The molecule has 0 radical (unpaired) electrons. The predicted octanol–water partition coefficient (Wildman–Crippen LogP) is 2.66. The van der Waals surface area contributed by atoms with Crippen molar-refractivity contribution in [3.05, 3.63) is 29.8 Å². The van der Waals surface area contributed by atoms with Gasteiger partial charge in [-0.2, -0.15) is 5.26 Å². The SMILES string of the molecule is CC(C)C(=O)Nc1cccc(C(=O)C[C@@H]2CCN(C#N)C2)c1. The monoisotopic (exact) mass is 299 g/mol. The minimum Gasteiger partial charge on any atom is -0.326 e. The quantitative estimate of drug-likeness (QED) is 0.670. The summed E-state index contributed by atoms with van der Waals surface area (Å²) in [7, 11) is 0. The number of nitrogens with one attached hydrogen (secondary N) is 1. The van der Waals surface area contributed by atoms with Crippen molar-refractivity contribution in [1.29, 1.82) is 5.26 Å². The molecule has 1 aromatic carbocycles. The van der Waals surface area contributed by atoms with E-state index in [0.717, 1.165) is 13.0 Å². The number of amides is 1.